The molecule has 0 aromatic carbocycles. The van der Waals surface area contributed by atoms with E-state index in [1.54, 1.807) is 0 Å². The van der Waals surface area contributed by atoms with Crippen LogP contribution in [0.2, 0.25) is 0 Å². The summed E-state index contributed by atoms with van der Waals surface area (Å²) in [5.74, 6) is 0.319. The molecule has 1 saturated carbocycles. The van der Waals surface area contributed by atoms with Gasteiger partial charge in [-0.25, -0.2) is 0 Å². The highest BCUT2D eigenvalue weighted by molar-refractivity contribution is 5.01. The average molecular weight is 213 g/mol. The van der Waals surface area contributed by atoms with Crippen molar-refractivity contribution in [1.29, 1.82) is 0 Å². The van der Waals surface area contributed by atoms with Crippen LogP contribution in [0.25, 0.3) is 0 Å². The van der Waals surface area contributed by atoms with E-state index in [0.29, 0.717) is 5.92 Å². The zero-order valence-electron chi connectivity index (χ0n) is 10.9. The molecule has 2 atom stereocenters. The third-order valence-corrected chi connectivity index (χ3v) is 4.35. The molecule has 15 heavy (non-hydrogen) atoms. The van der Waals surface area contributed by atoms with E-state index in [4.69, 9.17) is 5.73 Å². The zero-order valence-corrected chi connectivity index (χ0v) is 10.9. The Morgan fingerprint density at radius 3 is 1.93 bits per heavy atom. The second kappa shape index (κ2) is 4.06. The molecule has 0 aliphatic heterocycles. The van der Waals surface area contributed by atoms with Crippen LogP contribution in [0.3, 0.4) is 0 Å². The molecule has 90 valence electrons. The number of aliphatic hydroxyl groups excluding tert-OH is 1. The van der Waals surface area contributed by atoms with E-state index in [2.05, 4.69) is 27.7 Å². The third kappa shape index (κ3) is 2.36. The lowest BCUT2D eigenvalue weighted by atomic mass is 9.67. The van der Waals surface area contributed by atoms with Crippen molar-refractivity contribution in [2.24, 2.45) is 22.5 Å². The summed E-state index contributed by atoms with van der Waals surface area (Å²) in [6, 6.07) is -0.0772. The molecule has 1 rings (SSSR count). The van der Waals surface area contributed by atoms with E-state index in [0.717, 1.165) is 6.42 Å². The van der Waals surface area contributed by atoms with E-state index in [-0.39, 0.29) is 23.0 Å². The predicted molar refractivity (Wildman–Crippen MR) is 64.6 cm³/mol. The van der Waals surface area contributed by atoms with Crippen molar-refractivity contribution in [2.45, 2.75) is 66.0 Å². The minimum atomic E-state index is -0.359. The van der Waals surface area contributed by atoms with Gasteiger partial charge in [0.1, 0.15) is 0 Å². The molecule has 0 saturated heterocycles. The monoisotopic (exact) mass is 213 g/mol. The number of aliphatic hydroxyl groups is 1. The molecule has 3 N–H and O–H groups in total. The Labute approximate surface area is 94.2 Å². The molecule has 0 heterocycles. The first-order chi connectivity index (χ1) is 6.72. The Balaban J connectivity index is 2.89. The van der Waals surface area contributed by atoms with Gasteiger partial charge in [0.25, 0.3) is 0 Å². The minimum absolute atomic E-state index is 0.0772. The van der Waals surface area contributed by atoms with Crippen LogP contribution in [-0.4, -0.2) is 17.3 Å². The van der Waals surface area contributed by atoms with Gasteiger partial charge in [-0.1, -0.05) is 34.6 Å². The van der Waals surface area contributed by atoms with E-state index in [9.17, 15) is 5.11 Å². The second-order valence-corrected chi connectivity index (χ2v) is 6.52. The maximum Gasteiger partial charge on any atom is 0.0729 e. The van der Waals surface area contributed by atoms with E-state index >= 15 is 0 Å². The van der Waals surface area contributed by atoms with Crippen molar-refractivity contribution in [1.82, 2.24) is 0 Å². The molecule has 0 aromatic rings. The first kappa shape index (κ1) is 13.0. The standard InChI is InChI=1S/C13H27NO/c1-6-9(14)10(15)11-12(2,3)7-8-13(11,4)5/h9-11,15H,6-8,14H2,1-5H3. The van der Waals surface area contributed by atoms with Crippen molar-refractivity contribution in [2.75, 3.05) is 0 Å². The fourth-order valence-electron chi connectivity index (χ4n) is 3.43. The molecule has 0 aromatic heterocycles. The summed E-state index contributed by atoms with van der Waals surface area (Å²) in [5, 5.41) is 10.4. The fraction of sp³-hybridized carbons (Fsp3) is 1.00. The summed E-state index contributed by atoms with van der Waals surface area (Å²) in [6.45, 7) is 11.1. The Hall–Kier alpha value is -0.0800. The van der Waals surface area contributed by atoms with Gasteiger partial charge in [-0.3, -0.25) is 0 Å². The van der Waals surface area contributed by atoms with Crippen LogP contribution in [-0.2, 0) is 0 Å². The molecule has 0 amide bonds. The van der Waals surface area contributed by atoms with Crippen LogP contribution in [0.4, 0.5) is 0 Å². The van der Waals surface area contributed by atoms with Crippen molar-refractivity contribution in [3.05, 3.63) is 0 Å². The first-order valence-corrected chi connectivity index (χ1v) is 6.16. The molecule has 2 heteroatoms. The largest absolute Gasteiger partial charge is 0.391 e. The van der Waals surface area contributed by atoms with Gasteiger partial charge in [0, 0.05) is 6.04 Å². The quantitative estimate of drug-likeness (QED) is 0.757. The smallest absolute Gasteiger partial charge is 0.0729 e. The Morgan fingerprint density at radius 2 is 1.60 bits per heavy atom. The molecule has 1 aliphatic carbocycles. The molecule has 0 spiro atoms. The van der Waals surface area contributed by atoms with Gasteiger partial charge in [-0.15, -0.1) is 0 Å². The molecule has 2 nitrogen and oxygen atoms in total. The fourth-order valence-corrected chi connectivity index (χ4v) is 3.43. The third-order valence-electron chi connectivity index (χ3n) is 4.35. The SMILES string of the molecule is CCC(N)C(O)C1C(C)(C)CCC1(C)C. The Kier molecular flexibility index (Phi) is 3.52. The van der Waals surface area contributed by atoms with Crippen molar-refractivity contribution >= 4 is 0 Å². The topological polar surface area (TPSA) is 46.2 Å². The minimum Gasteiger partial charge on any atom is -0.391 e. The van der Waals surface area contributed by atoms with E-state index < -0.39 is 0 Å². The van der Waals surface area contributed by atoms with Gasteiger partial charge in [0.05, 0.1) is 6.10 Å². The summed E-state index contributed by atoms with van der Waals surface area (Å²) in [7, 11) is 0. The maximum atomic E-state index is 10.4. The second-order valence-electron chi connectivity index (χ2n) is 6.52. The van der Waals surface area contributed by atoms with Crippen LogP contribution >= 0.6 is 0 Å². The molecule has 1 aliphatic rings. The van der Waals surface area contributed by atoms with Gasteiger partial charge in [-0.2, -0.15) is 0 Å². The summed E-state index contributed by atoms with van der Waals surface area (Å²) >= 11 is 0. The van der Waals surface area contributed by atoms with E-state index in [1.165, 1.54) is 12.8 Å². The summed E-state index contributed by atoms with van der Waals surface area (Å²) in [5.41, 5.74) is 6.42. The van der Waals surface area contributed by atoms with Crippen LogP contribution in [0.5, 0.6) is 0 Å². The summed E-state index contributed by atoms with van der Waals surface area (Å²) in [4.78, 5) is 0. The van der Waals surface area contributed by atoms with Gasteiger partial charge in [0.2, 0.25) is 0 Å². The number of nitrogens with two attached hydrogens (primary N) is 1. The predicted octanol–water partition coefficient (Wildman–Crippen LogP) is 2.55. The molecule has 0 bridgehead atoms. The average Bonchev–Trinajstić information content (AvgIpc) is 2.34. The Morgan fingerprint density at radius 1 is 1.20 bits per heavy atom. The highest BCUT2D eigenvalue weighted by atomic mass is 16.3. The van der Waals surface area contributed by atoms with Gasteiger partial charge in [0.15, 0.2) is 0 Å². The van der Waals surface area contributed by atoms with Gasteiger partial charge < -0.3 is 10.8 Å². The number of hydrogen-bond acceptors (Lipinski definition) is 2. The lowest BCUT2D eigenvalue weighted by molar-refractivity contribution is -0.0142. The molecular weight excluding hydrogens is 186 g/mol. The zero-order chi connectivity index (χ0) is 11.9. The van der Waals surface area contributed by atoms with E-state index in [1.807, 2.05) is 6.92 Å². The lowest BCUT2D eigenvalue weighted by Gasteiger charge is -2.41. The van der Waals surface area contributed by atoms with Gasteiger partial charge in [-0.05, 0) is 36.0 Å². The summed E-state index contributed by atoms with van der Waals surface area (Å²) in [6.07, 6.45) is 2.88. The molecular formula is C13H27NO. The highest BCUT2D eigenvalue weighted by Crippen LogP contribution is 2.55. The lowest BCUT2D eigenvalue weighted by Crippen LogP contribution is -2.47. The van der Waals surface area contributed by atoms with Crippen molar-refractivity contribution < 1.29 is 5.11 Å². The highest BCUT2D eigenvalue weighted by Gasteiger charge is 2.51. The van der Waals surface area contributed by atoms with Crippen molar-refractivity contribution in [3.8, 4) is 0 Å². The number of hydrogen-bond donors (Lipinski definition) is 2. The normalized spacial score (nSPS) is 29.0. The van der Waals surface area contributed by atoms with Gasteiger partial charge >= 0.3 is 0 Å². The van der Waals surface area contributed by atoms with Crippen LogP contribution < -0.4 is 5.73 Å². The van der Waals surface area contributed by atoms with Crippen LogP contribution in [0, 0.1) is 16.7 Å². The Bertz CT molecular complexity index is 207. The molecule has 2 unspecified atom stereocenters. The molecule has 0 radical (unpaired) electrons. The van der Waals surface area contributed by atoms with Crippen LogP contribution in [0.1, 0.15) is 53.9 Å². The summed E-state index contributed by atoms with van der Waals surface area (Å²) < 4.78 is 0. The number of rotatable bonds is 3. The molecule has 1 fully saturated rings. The van der Waals surface area contributed by atoms with Crippen molar-refractivity contribution in [3.63, 3.8) is 0 Å². The van der Waals surface area contributed by atoms with Crippen LogP contribution in [0.15, 0.2) is 0 Å². The first-order valence-electron chi connectivity index (χ1n) is 6.16. The maximum absolute atomic E-state index is 10.4.